The number of nitrogens with zero attached hydrogens (tertiary/aromatic N) is 2. The Morgan fingerprint density at radius 2 is 2.26 bits per heavy atom. The van der Waals surface area contributed by atoms with E-state index in [0.29, 0.717) is 28.9 Å². The number of hydrogen-bond acceptors (Lipinski definition) is 5. The summed E-state index contributed by atoms with van der Waals surface area (Å²) < 4.78 is 10.5. The van der Waals surface area contributed by atoms with Gasteiger partial charge in [0.05, 0.1) is 12.7 Å². The lowest BCUT2D eigenvalue weighted by atomic mass is 10.1. The van der Waals surface area contributed by atoms with Crippen LogP contribution in [0.4, 0.5) is 0 Å². The van der Waals surface area contributed by atoms with Crippen molar-refractivity contribution in [3.05, 3.63) is 29.0 Å². The zero-order valence-corrected chi connectivity index (χ0v) is 11.6. The Labute approximate surface area is 116 Å². The molecule has 0 saturated carbocycles. The molecule has 0 fully saturated rings. The zero-order chi connectivity index (χ0) is 13.8. The summed E-state index contributed by atoms with van der Waals surface area (Å²) >= 11 is 5.91. The monoisotopic (exact) mass is 281 g/mol. The summed E-state index contributed by atoms with van der Waals surface area (Å²) in [7, 11) is 1.57. The van der Waals surface area contributed by atoms with Gasteiger partial charge in [0.2, 0.25) is 0 Å². The molecule has 5 nitrogen and oxygen atoms in total. The third-order valence-corrected chi connectivity index (χ3v) is 3.07. The van der Waals surface area contributed by atoms with Crippen molar-refractivity contribution in [3.8, 4) is 17.2 Å². The predicted octanol–water partition coefficient (Wildman–Crippen LogP) is 2.68. The molecule has 0 bridgehead atoms. The van der Waals surface area contributed by atoms with Crippen molar-refractivity contribution in [2.75, 3.05) is 7.11 Å². The molecule has 1 heterocycles. The highest BCUT2D eigenvalue weighted by atomic mass is 35.5. The molecule has 1 aromatic heterocycles. The van der Waals surface area contributed by atoms with Crippen LogP contribution in [0.3, 0.4) is 0 Å². The molecule has 0 amide bonds. The van der Waals surface area contributed by atoms with E-state index in [1.165, 1.54) is 0 Å². The fourth-order valence-corrected chi connectivity index (χ4v) is 1.83. The zero-order valence-electron chi connectivity index (χ0n) is 10.9. The summed E-state index contributed by atoms with van der Waals surface area (Å²) in [6.07, 6.45) is 1.46. The maximum absolute atomic E-state index is 5.91. The van der Waals surface area contributed by atoms with E-state index in [1.54, 1.807) is 25.3 Å². The molecule has 1 unspecified atom stereocenters. The number of halogens is 1. The predicted molar refractivity (Wildman–Crippen MR) is 73.3 cm³/mol. The normalized spacial score (nSPS) is 12.4. The van der Waals surface area contributed by atoms with Crippen LogP contribution in [0.5, 0.6) is 5.75 Å². The van der Waals surface area contributed by atoms with Crippen LogP contribution in [0, 0.1) is 0 Å². The fourth-order valence-electron chi connectivity index (χ4n) is 1.67. The molecule has 0 aliphatic rings. The highest BCUT2D eigenvalue weighted by Crippen LogP contribution is 2.31. The largest absolute Gasteiger partial charge is 0.496 e. The van der Waals surface area contributed by atoms with E-state index in [9.17, 15) is 0 Å². The Hall–Kier alpha value is -1.59. The van der Waals surface area contributed by atoms with E-state index >= 15 is 0 Å². The second-order valence-corrected chi connectivity index (χ2v) is 4.67. The Kier molecular flexibility index (Phi) is 4.39. The van der Waals surface area contributed by atoms with Gasteiger partial charge in [-0.25, -0.2) is 0 Å². The van der Waals surface area contributed by atoms with Crippen LogP contribution in [0.15, 0.2) is 22.7 Å². The molecule has 0 aliphatic heterocycles. The van der Waals surface area contributed by atoms with Crippen molar-refractivity contribution < 1.29 is 9.26 Å². The molecular formula is C13H16ClN3O2. The van der Waals surface area contributed by atoms with Gasteiger partial charge in [0.25, 0.3) is 5.89 Å². The lowest BCUT2D eigenvalue weighted by molar-refractivity contribution is 0.401. The minimum Gasteiger partial charge on any atom is -0.496 e. The van der Waals surface area contributed by atoms with Gasteiger partial charge in [-0.3, -0.25) is 0 Å². The van der Waals surface area contributed by atoms with Crippen LogP contribution < -0.4 is 10.5 Å². The van der Waals surface area contributed by atoms with Gasteiger partial charge in [0, 0.05) is 17.5 Å². The summed E-state index contributed by atoms with van der Waals surface area (Å²) in [6, 6.07) is 5.29. The van der Waals surface area contributed by atoms with Gasteiger partial charge < -0.3 is 15.0 Å². The van der Waals surface area contributed by atoms with Crippen LogP contribution >= 0.6 is 11.6 Å². The fraction of sp³-hybridized carbons (Fsp3) is 0.385. The number of aromatic nitrogens is 2. The average molecular weight is 282 g/mol. The van der Waals surface area contributed by atoms with Crippen molar-refractivity contribution in [1.82, 2.24) is 10.1 Å². The van der Waals surface area contributed by atoms with Crippen LogP contribution in [0.1, 0.15) is 19.2 Å². The van der Waals surface area contributed by atoms with E-state index in [0.717, 1.165) is 12.0 Å². The molecule has 0 saturated heterocycles. The molecule has 2 aromatic rings. The maximum Gasteiger partial charge on any atom is 0.261 e. The summed E-state index contributed by atoms with van der Waals surface area (Å²) in [5.74, 6) is 1.61. The second kappa shape index (κ2) is 6.04. The standard InChI is InChI=1S/C13H16ClN3O2/c1-3-9(15)7-12-16-13(19-17-12)10-5-4-8(14)6-11(10)18-2/h4-6,9H,3,7,15H2,1-2H3. The van der Waals surface area contributed by atoms with Crippen LogP contribution in [-0.4, -0.2) is 23.3 Å². The first kappa shape index (κ1) is 13.8. The molecule has 0 spiro atoms. The minimum absolute atomic E-state index is 0.0394. The molecule has 1 aromatic carbocycles. The van der Waals surface area contributed by atoms with Gasteiger partial charge in [-0.1, -0.05) is 23.7 Å². The molecule has 2 rings (SSSR count). The van der Waals surface area contributed by atoms with Gasteiger partial charge in [-0.2, -0.15) is 4.98 Å². The smallest absolute Gasteiger partial charge is 0.261 e. The lowest BCUT2D eigenvalue weighted by Crippen LogP contribution is -2.21. The van der Waals surface area contributed by atoms with Gasteiger partial charge in [-0.15, -0.1) is 0 Å². The van der Waals surface area contributed by atoms with E-state index in [1.807, 2.05) is 6.92 Å². The van der Waals surface area contributed by atoms with Crippen molar-refractivity contribution in [3.63, 3.8) is 0 Å². The molecular weight excluding hydrogens is 266 g/mol. The Balaban J connectivity index is 2.27. The van der Waals surface area contributed by atoms with Crippen LogP contribution in [0.2, 0.25) is 5.02 Å². The van der Waals surface area contributed by atoms with Crippen molar-refractivity contribution in [2.24, 2.45) is 5.73 Å². The summed E-state index contributed by atoms with van der Waals surface area (Å²) in [5, 5.41) is 4.51. The summed E-state index contributed by atoms with van der Waals surface area (Å²) in [5.41, 5.74) is 6.58. The third-order valence-electron chi connectivity index (χ3n) is 2.83. The van der Waals surface area contributed by atoms with Gasteiger partial charge in [-0.05, 0) is 24.6 Å². The number of rotatable bonds is 5. The average Bonchev–Trinajstić information content (AvgIpc) is 2.86. The first-order valence-corrected chi connectivity index (χ1v) is 6.44. The Morgan fingerprint density at radius 1 is 1.47 bits per heavy atom. The van der Waals surface area contributed by atoms with Crippen molar-refractivity contribution in [1.29, 1.82) is 0 Å². The molecule has 0 radical (unpaired) electrons. The van der Waals surface area contributed by atoms with Crippen LogP contribution in [-0.2, 0) is 6.42 Å². The van der Waals surface area contributed by atoms with Gasteiger partial charge in [0.15, 0.2) is 5.82 Å². The summed E-state index contributed by atoms with van der Waals surface area (Å²) in [4.78, 5) is 4.33. The van der Waals surface area contributed by atoms with Crippen LogP contribution in [0.25, 0.3) is 11.5 Å². The number of nitrogens with two attached hydrogens (primary N) is 1. The van der Waals surface area contributed by atoms with Crippen molar-refractivity contribution in [2.45, 2.75) is 25.8 Å². The number of methoxy groups -OCH3 is 1. The SMILES string of the molecule is CCC(N)Cc1noc(-c2ccc(Cl)cc2OC)n1. The number of benzene rings is 1. The van der Waals surface area contributed by atoms with Gasteiger partial charge >= 0.3 is 0 Å². The first-order chi connectivity index (χ1) is 9.13. The molecule has 1 atom stereocenters. The summed E-state index contributed by atoms with van der Waals surface area (Å²) in [6.45, 7) is 2.02. The molecule has 2 N–H and O–H groups in total. The van der Waals surface area contributed by atoms with Crippen molar-refractivity contribution >= 4 is 11.6 Å². The third kappa shape index (κ3) is 3.24. The lowest BCUT2D eigenvalue weighted by Gasteiger charge is -2.04. The van der Waals surface area contributed by atoms with Gasteiger partial charge in [0.1, 0.15) is 5.75 Å². The van der Waals surface area contributed by atoms with E-state index in [-0.39, 0.29) is 6.04 Å². The minimum atomic E-state index is 0.0394. The molecule has 102 valence electrons. The Bertz CT molecular complexity index is 557. The highest BCUT2D eigenvalue weighted by Gasteiger charge is 2.15. The second-order valence-electron chi connectivity index (χ2n) is 4.23. The molecule has 19 heavy (non-hydrogen) atoms. The number of hydrogen-bond donors (Lipinski definition) is 1. The topological polar surface area (TPSA) is 74.2 Å². The quantitative estimate of drug-likeness (QED) is 0.912. The number of ether oxygens (including phenoxy) is 1. The molecule has 0 aliphatic carbocycles. The van der Waals surface area contributed by atoms with E-state index < -0.39 is 0 Å². The maximum atomic E-state index is 5.91. The van der Waals surface area contributed by atoms with E-state index in [4.69, 9.17) is 26.6 Å². The first-order valence-electron chi connectivity index (χ1n) is 6.06. The van der Waals surface area contributed by atoms with E-state index in [2.05, 4.69) is 10.1 Å². The molecule has 6 heteroatoms. The highest BCUT2D eigenvalue weighted by molar-refractivity contribution is 6.30. The Morgan fingerprint density at radius 3 is 2.95 bits per heavy atom.